The minimum Gasteiger partial charge on any atom is -0.427 e. The van der Waals surface area contributed by atoms with Crippen molar-refractivity contribution in [2.24, 2.45) is 0 Å². The van der Waals surface area contributed by atoms with E-state index in [0.717, 1.165) is 22.2 Å². The number of hydrogen-bond acceptors (Lipinski definition) is 5. The van der Waals surface area contributed by atoms with Crippen molar-refractivity contribution in [2.45, 2.75) is 12.8 Å². The highest BCUT2D eigenvalue weighted by Crippen LogP contribution is 2.20. The predicted molar refractivity (Wildman–Crippen MR) is 97.1 cm³/mol. The number of ether oxygens (including phenoxy) is 1. The van der Waals surface area contributed by atoms with E-state index in [9.17, 15) is 4.79 Å². The number of benzene rings is 2. The summed E-state index contributed by atoms with van der Waals surface area (Å²) in [5.41, 5.74) is 2.85. The van der Waals surface area contributed by atoms with Crippen molar-refractivity contribution in [1.82, 2.24) is 19.7 Å². The van der Waals surface area contributed by atoms with E-state index in [2.05, 4.69) is 15.1 Å². The minimum atomic E-state index is -0.286. The first-order valence-corrected chi connectivity index (χ1v) is 8.27. The van der Waals surface area contributed by atoms with E-state index in [0.29, 0.717) is 12.2 Å². The van der Waals surface area contributed by atoms with E-state index in [1.54, 1.807) is 24.5 Å². The van der Waals surface area contributed by atoms with Gasteiger partial charge in [0.1, 0.15) is 12.1 Å². The third-order valence-electron chi connectivity index (χ3n) is 4.02. The van der Waals surface area contributed by atoms with Crippen LogP contribution in [0.25, 0.3) is 16.6 Å². The molecule has 0 amide bonds. The lowest BCUT2D eigenvalue weighted by molar-refractivity contribution is -0.134. The molecule has 0 saturated carbocycles. The molecule has 0 spiro atoms. The Morgan fingerprint density at radius 2 is 1.73 bits per heavy atom. The summed E-state index contributed by atoms with van der Waals surface area (Å²) in [4.78, 5) is 19.9. The van der Waals surface area contributed by atoms with Gasteiger partial charge in [0.25, 0.3) is 0 Å². The van der Waals surface area contributed by atoms with Crippen LogP contribution in [0.3, 0.4) is 0 Å². The fourth-order valence-electron chi connectivity index (χ4n) is 2.72. The number of esters is 1. The van der Waals surface area contributed by atoms with E-state index in [1.807, 2.05) is 47.3 Å². The van der Waals surface area contributed by atoms with Crippen LogP contribution >= 0.6 is 0 Å². The number of aryl methyl sites for hydroxylation is 1. The highest BCUT2D eigenvalue weighted by atomic mass is 16.5. The molecule has 0 atom stereocenters. The third kappa shape index (κ3) is 3.44. The van der Waals surface area contributed by atoms with Gasteiger partial charge >= 0.3 is 5.97 Å². The standard InChI is InChI=1S/C20H16N4O2/c25-20(10-5-15-11-21-14-22-12-15)26-18-8-6-17(7-9-18)24-19-4-2-1-3-16(19)13-23-24/h1-4,6-9,11-14H,5,10H2. The Hall–Kier alpha value is -3.54. The summed E-state index contributed by atoms with van der Waals surface area (Å²) in [6.07, 6.45) is 7.52. The fraction of sp³-hybridized carbons (Fsp3) is 0.100. The Morgan fingerprint density at radius 1 is 0.962 bits per heavy atom. The Morgan fingerprint density at radius 3 is 2.54 bits per heavy atom. The number of hydrogen-bond donors (Lipinski definition) is 0. The second-order valence-electron chi connectivity index (χ2n) is 5.83. The molecule has 0 aliphatic carbocycles. The highest BCUT2D eigenvalue weighted by Gasteiger charge is 2.08. The van der Waals surface area contributed by atoms with Gasteiger partial charge in [0.2, 0.25) is 0 Å². The molecule has 0 radical (unpaired) electrons. The smallest absolute Gasteiger partial charge is 0.311 e. The van der Waals surface area contributed by atoms with Crippen LogP contribution in [0.4, 0.5) is 0 Å². The lowest BCUT2D eigenvalue weighted by Gasteiger charge is -2.07. The summed E-state index contributed by atoms with van der Waals surface area (Å²) < 4.78 is 7.24. The summed E-state index contributed by atoms with van der Waals surface area (Å²) in [6, 6.07) is 15.3. The zero-order chi connectivity index (χ0) is 17.8. The number of rotatable bonds is 5. The zero-order valence-electron chi connectivity index (χ0n) is 13.9. The molecule has 6 heteroatoms. The summed E-state index contributed by atoms with van der Waals surface area (Å²) >= 11 is 0. The second-order valence-corrected chi connectivity index (χ2v) is 5.83. The molecule has 0 fully saturated rings. The average molecular weight is 344 g/mol. The number of carbonyl (C=O) groups excluding carboxylic acids is 1. The zero-order valence-corrected chi connectivity index (χ0v) is 13.9. The van der Waals surface area contributed by atoms with Crippen LogP contribution in [0, 0.1) is 0 Å². The molecule has 2 aromatic heterocycles. The van der Waals surface area contributed by atoms with E-state index in [4.69, 9.17) is 4.74 Å². The summed E-state index contributed by atoms with van der Waals surface area (Å²) in [6.45, 7) is 0. The van der Waals surface area contributed by atoms with Crippen molar-refractivity contribution >= 4 is 16.9 Å². The number of fused-ring (bicyclic) bond motifs is 1. The SMILES string of the molecule is O=C(CCc1cncnc1)Oc1ccc(-n2ncc3ccccc32)cc1. The molecule has 4 aromatic rings. The van der Waals surface area contributed by atoms with Crippen molar-refractivity contribution in [3.05, 3.63) is 79.0 Å². The lowest BCUT2D eigenvalue weighted by atomic mass is 10.2. The first-order chi connectivity index (χ1) is 12.8. The van der Waals surface area contributed by atoms with Crippen LogP contribution in [0.2, 0.25) is 0 Å². The molecular weight excluding hydrogens is 328 g/mol. The van der Waals surface area contributed by atoms with E-state index in [1.165, 1.54) is 6.33 Å². The second kappa shape index (κ2) is 7.14. The van der Waals surface area contributed by atoms with Crippen LogP contribution in [0.15, 0.2) is 73.4 Å². The van der Waals surface area contributed by atoms with Gasteiger partial charge in [-0.15, -0.1) is 0 Å². The normalized spacial score (nSPS) is 10.8. The molecule has 0 N–H and O–H groups in total. The Labute approximate surface area is 150 Å². The van der Waals surface area contributed by atoms with Crippen LogP contribution in [-0.2, 0) is 11.2 Å². The lowest BCUT2D eigenvalue weighted by Crippen LogP contribution is -2.09. The average Bonchev–Trinajstić information content (AvgIpc) is 3.12. The first-order valence-electron chi connectivity index (χ1n) is 8.27. The van der Waals surface area contributed by atoms with E-state index in [-0.39, 0.29) is 12.4 Å². The monoisotopic (exact) mass is 344 g/mol. The van der Waals surface area contributed by atoms with Gasteiger partial charge in [0.05, 0.1) is 23.8 Å². The Bertz CT molecular complexity index is 1030. The van der Waals surface area contributed by atoms with E-state index >= 15 is 0 Å². The van der Waals surface area contributed by atoms with Gasteiger partial charge in [-0.2, -0.15) is 5.10 Å². The van der Waals surface area contributed by atoms with Crippen LogP contribution < -0.4 is 4.74 Å². The van der Waals surface area contributed by atoms with Crippen molar-refractivity contribution < 1.29 is 9.53 Å². The number of nitrogens with zero attached hydrogens (tertiary/aromatic N) is 4. The van der Waals surface area contributed by atoms with Crippen molar-refractivity contribution in [2.75, 3.05) is 0 Å². The minimum absolute atomic E-state index is 0.277. The van der Waals surface area contributed by atoms with Crippen LogP contribution in [0.5, 0.6) is 5.75 Å². The largest absolute Gasteiger partial charge is 0.427 e. The van der Waals surface area contributed by atoms with Crippen LogP contribution in [-0.4, -0.2) is 25.7 Å². The molecular formula is C20H16N4O2. The van der Waals surface area contributed by atoms with Crippen LogP contribution in [0.1, 0.15) is 12.0 Å². The van der Waals surface area contributed by atoms with Gasteiger partial charge in [0, 0.05) is 17.8 Å². The Balaban J connectivity index is 1.42. The number of carbonyl (C=O) groups is 1. The molecule has 0 bridgehead atoms. The topological polar surface area (TPSA) is 69.9 Å². The molecule has 26 heavy (non-hydrogen) atoms. The molecule has 2 aromatic carbocycles. The predicted octanol–water partition coefficient (Wildman–Crippen LogP) is 3.35. The molecule has 0 aliphatic rings. The molecule has 4 rings (SSSR count). The van der Waals surface area contributed by atoms with Gasteiger partial charge < -0.3 is 4.74 Å². The molecule has 6 nitrogen and oxygen atoms in total. The van der Waals surface area contributed by atoms with E-state index < -0.39 is 0 Å². The molecule has 2 heterocycles. The first kappa shape index (κ1) is 16.0. The van der Waals surface area contributed by atoms with Crippen molar-refractivity contribution in [1.29, 1.82) is 0 Å². The van der Waals surface area contributed by atoms with Gasteiger partial charge in [-0.25, -0.2) is 14.6 Å². The maximum absolute atomic E-state index is 12.0. The molecule has 128 valence electrons. The molecule has 0 aliphatic heterocycles. The molecule has 0 unspecified atom stereocenters. The Kier molecular flexibility index (Phi) is 4.38. The maximum atomic E-state index is 12.0. The number of aromatic nitrogens is 4. The quantitative estimate of drug-likeness (QED) is 0.410. The highest BCUT2D eigenvalue weighted by molar-refractivity contribution is 5.80. The van der Waals surface area contributed by atoms with Crippen molar-refractivity contribution in [3.8, 4) is 11.4 Å². The summed E-state index contributed by atoms with van der Waals surface area (Å²) in [7, 11) is 0. The van der Waals surface area contributed by atoms with Gasteiger partial charge in [-0.1, -0.05) is 18.2 Å². The van der Waals surface area contributed by atoms with Gasteiger partial charge in [-0.3, -0.25) is 4.79 Å². The fourth-order valence-corrected chi connectivity index (χ4v) is 2.72. The van der Waals surface area contributed by atoms with Gasteiger partial charge in [0.15, 0.2) is 0 Å². The summed E-state index contributed by atoms with van der Waals surface area (Å²) in [5, 5.41) is 5.49. The van der Waals surface area contributed by atoms with Crippen molar-refractivity contribution in [3.63, 3.8) is 0 Å². The maximum Gasteiger partial charge on any atom is 0.311 e. The number of para-hydroxylation sites is 1. The summed E-state index contributed by atoms with van der Waals surface area (Å²) in [5.74, 6) is 0.227. The third-order valence-corrected chi connectivity index (χ3v) is 4.02. The van der Waals surface area contributed by atoms with Gasteiger partial charge in [-0.05, 0) is 42.3 Å². The molecule has 0 saturated heterocycles.